The third-order valence-corrected chi connectivity index (χ3v) is 4.61. The van der Waals surface area contributed by atoms with Crippen LogP contribution in [-0.4, -0.2) is 23.5 Å². The fourth-order valence-electron chi connectivity index (χ4n) is 2.74. The van der Waals surface area contributed by atoms with Gasteiger partial charge >= 0.3 is 5.97 Å². The summed E-state index contributed by atoms with van der Waals surface area (Å²) in [4.78, 5) is 23.6. The first-order valence-corrected chi connectivity index (χ1v) is 7.98. The number of aliphatic carboxylic acids is 1. The number of carboxylic acids is 1. The predicted molar refractivity (Wildman–Crippen MR) is 91.3 cm³/mol. The van der Waals surface area contributed by atoms with Crippen LogP contribution in [0.5, 0.6) is 0 Å². The van der Waals surface area contributed by atoms with Crippen LogP contribution in [0, 0.1) is 5.41 Å². The van der Waals surface area contributed by atoms with Crippen LogP contribution in [0.1, 0.15) is 32.3 Å². The van der Waals surface area contributed by atoms with Crippen LogP contribution in [0.15, 0.2) is 42.5 Å². The van der Waals surface area contributed by atoms with E-state index in [-0.39, 0.29) is 18.9 Å². The summed E-state index contributed by atoms with van der Waals surface area (Å²) in [7, 11) is 0. The van der Waals surface area contributed by atoms with E-state index in [1.807, 2.05) is 56.3 Å². The van der Waals surface area contributed by atoms with Gasteiger partial charge in [-0.25, -0.2) is 0 Å². The van der Waals surface area contributed by atoms with E-state index in [1.54, 1.807) is 0 Å². The molecule has 4 heteroatoms. The first-order chi connectivity index (χ1) is 11.0. The molecule has 1 amide bonds. The molecule has 0 spiro atoms. The second kappa shape index (κ2) is 7.27. The van der Waals surface area contributed by atoms with Crippen molar-refractivity contribution in [3.63, 3.8) is 0 Å². The quantitative estimate of drug-likeness (QED) is 0.823. The molecule has 0 bridgehead atoms. The van der Waals surface area contributed by atoms with Gasteiger partial charge in [-0.1, -0.05) is 56.3 Å². The summed E-state index contributed by atoms with van der Waals surface area (Å²) in [6.07, 6.45) is 1.25. The van der Waals surface area contributed by atoms with Crippen molar-refractivity contribution in [1.29, 1.82) is 0 Å². The van der Waals surface area contributed by atoms with Crippen molar-refractivity contribution in [2.75, 3.05) is 6.54 Å². The Morgan fingerprint density at radius 1 is 1.04 bits per heavy atom. The maximum atomic E-state index is 12.1. The number of carbonyl (C=O) groups excluding carboxylic acids is 1. The Balaban J connectivity index is 2.02. The van der Waals surface area contributed by atoms with Gasteiger partial charge in [-0.05, 0) is 29.2 Å². The summed E-state index contributed by atoms with van der Waals surface area (Å²) in [5.74, 6) is -0.999. The summed E-state index contributed by atoms with van der Waals surface area (Å²) in [5, 5.41) is 14.4. The van der Waals surface area contributed by atoms with Gasteiger partial charge in [0.2, 0.25) is 5.91 Å². The van der Waals surface area contributed by atoms with E-state index in [2.05, 4.69) is 5.32 Å². The maximum Gasteiger partial charge on any atom is 0.311 e. The smallest absolute Gasteiger partial charge is 0.311 e. The summed E-state index contributed by atoms with van der Waals surface area (Å²) < 4.78 is 0. The first-order valence-electron chi connectivity index (χ1n) is 7.98. The summed E-state index contributed by atoms with van der Waals surface area (Å²) in [5.41, 5.74) is 0.0501. The molecule has 0 atom stereocenters. The van der Waals surface area contributed by atoms with Gasteiger partial charge in [0.05, 0.1) is 11.8 Å². The van der Waals surface area contributed by atoms with E-state index in [0.717, 1.165) is 16.3 Å². The minimum Gasteiger partial charge on any atom is -0.481 e. The average molecular weight is 313 g/mol. The Hall–Kier alpha value is -2.36. The summed E-state index contributed by atoms with van der Waals surface area (Å²) in [6.45, 7) is 3.85. The number of amides is 1. The fourth-order valence-corrected chi connectivity index (χ4v) is 2.74. The van der Waals surface area contributed by atoms with Crippen molar-refractivity contribution in [2.24, 2.45) is 5.41 Å². The summed E-state index contributed by atoms with van der Waals surface area (Å²) >= 11 is 0. The molecule has 23 heavy (non-hydrogen) atoms. The SMILES string of the molecule is CCC(CC)(CNC(=O)Cc1ccc2ccccc2c1)C(=O)O. The Morgan fingerprint density at radius 3 is 2.30 bits per heavy atom. The van der Waals surface area contributed by atoms with E-state index < -0.39 is 11.4 Å². The lowest BCUT2D eigenvalue weighted by Gasteiger charge is -2.26. The van der Waals surface area contributed by atoms with Gasteiger partial charge in [-0.3, -0.25) is 9.59 Å². The standard InChI is InChI=1S/C19H23NO3/c1-3-19(4-2,18(22)23)13-20-17(21)12-14-9-10-15-7-5-6-8-16(15)11-14/h5-11H,3-4,12-13H2,1-2H3,(H,20,21)(H,22,23). The van der Waals surface area contributed by atoms with Crippen molar-refractivity contribution in [1.82, 2.24) is 5.32 Å². The molecule has 0 radical (unpaired) electrons. The van der Waals surface area contributed by atoms with Gasteiger partial charge in [0, 0.05) is 6.54 Å². The van der Waals surface area contributed by atoms with E-state index in [4.69, 9.17) is 0 Å². The molecule has 0 aromatic heterocycles. The van der Waals surface area contributed by atoms with Crippen molar-refractivity contribution < 1.29 is 14.7 Å². The molecule has 4 nitrogen and oxygen atoms in total. The molecule has 0 aliphatic heterocycles. The van der Waals surface area contributed by atoms with Gasteiger partial charge in [0.15, 0.2) is 0 Å². The van der Waals surface area contributed by atoms with Gasteiger partial charge < -0.3 is 10.4 Å². The van der Waals surface area contributed by atoms with Crippen molar-refractivity contribution >= 4 is 22.6 Å². The fraction of sp³-hybridized carbons (Fsp3) is 0.368. The van der Waals surface area contributed by atoms with E-state index in [0.29, 0.717) is 12.8 Å². The molecule has 0 aliphatic carbocycles. The third kappa shape index (κ3) is 3.89. The number of carbonyl (C=O) groups is 2. The molecule has 0 heterocycles. The van der Waals surface area contributed by atoms with Crippen molar-refractivity contribution in [2.45, 2.75) is 33.1 Å². The number of hydrogen-bond acceptors (Lipinski definition) is 2. The lowest BCUT2D eigenvalue weighted by Crippen LogP contribution is -2.42. The van der Waals surface area contributed by atoms with Crippen LogP contribution in [0.3, 0.4) is 0 Å². The van der Waals surface area contributed by atoms with Crippen LogP contribution >= 0.6 is 0 Å². The predicted octanol–water partition coefficient (Wildman–Crippen LogP) is 3.39. The van der Waals surface area contributed by atoms with Crippen LogP contribution < -0.4 is 5.32 Å². The molecule has 0 unspecified atom stereocenters. The minimum atomic E-state index is -0.876. The molecule has 0 fully saturated rings. The van der Waals surface area contributed by atoms with Crippen LogP contribution in [0.25, 0.3) is 10.8 Å². The zero-order valence-corrected chi connectivity index (χ0v) is 13.6. The Kier molecular flexibility index (Phi) is 5.37. The highest BCUT2D eigenvalue weighted by molar-refractivity contribution is 5.85. The number of hydrogen-bond donors (Lipinski definition) is 2. The molecule has 0 saturated carbocycles. The second-order valence-electron chi connectivity index (χ2n) is 5.93. The largest absolute Gasteiger partial charge is 0.481 e. The molecule has 2 rings (SSSR count). The number of rotatable bonds is 7. The van der Waals surface area contributed by atoms with E-state index in [1.165, 1.54) is 0 Å². The second-order valence-corrected chi connectivity index (χ2v) is 5.93. The Labute approximate surface area is 136 Å². The zero-order valence-electron chi connectivity index (χ0n) is 13.6. The lowest BCUT2D eigenvalue weighted by molar-refractivity contribution is -0.149. The first kappa shape index (κ1) is 17.0. The number of nitrogens with one attached hydrogen (secondary N) is 1. The van der Waals surface area contributed by atoms with Gasteiger partial charge in [-0.2, -0.15) is 0 Å². The van der Waals surface area contributed by atoms with Crippen molar-refractivity contribution in [3.05, 3.63) is 48.0 Å². The lowest BCUT2D eigenvalue weighted by atomic mass is 9.82. The number of carboxylic acid groups (broad SMARTS) is 1. The molecule has 122 valence electrons. The molecule has 2 N–H and O–H groups in total. The highest BCUT2D eigenvalue weighted by atomic mass is 16.4. The Bertz CT molecular complexity index is 705. The monoisotopic (exact) mass is 313 g/mol. The van der Waals surface area contributed by atoms with Gasteiger partial charge in [-0.15, -0.1) is 0 Å². The molecular weight excluding hydrogens is 290 g/mol. The summed E-state index contributed by atoms with van der Waals surface area (Å²) in [6, 6.07) is 13.9. The normalized spacial score (nSPS) is 11.4. The van der Waals surface area contributed by atoms with Crippen LogP contribution in [-0.2, 0) is 16.0 Å². The van der Waals surface area contributed by atoms with E-state index in [9.17, 15) is 14.7 Å². The van der Waals surface area contributed by atoms with Crippen molar-refractivity contribution in [3.8, 4) is 0 Å². The van der Waals surface area contributed by atoms with Crippen LogP contribution in [0.2, 0.25) is 0 Å². The number of benzene rings is 2. The highest BCUT2D eigenvalue weighted by Gasteiger charge is 2.35. The van der Waals surface area contributed by atoms with E-state index >= 15 is 0 Å². The molecular formula is C19H23NO3. The van der Waals surface area contributed by atoms with Gasteiger partial charge in [0.1, 0.15) is 0 Å². The van der Waals surface area contributed by atoms with Gasteiger partial charge in [0.25, 0.3) is 0 Å². The topological polar surface area (TPSA) is 66.4 Å². The Morgan fingerprint density at radius 2 is 1.70 bits per heavy atom. The molecule has 0 aliphatic rings. The molecule has 2 aromatic rings. The average Bonchev–Trinajstić information content (AvgIpc) is 2.56. The molecule has 0 saturated heterocycles. The zero-order chi connectivity index (χ0) is 16.9. The maximum absolute atomic E-state index is 12.1. The third-order valence-electron chi connectivity index (χ3n) is 4.61. The number of fused-ring (bicyclic) bond motifs is 1. The van der Waals surface area contributed by atoms with Crippen LogP contribution in [0.4, 0.5) is 0 Å². The minimum absolute atomic E-state index is 0.146. The highest BCUT2D eigenvalue weighted by Crippen LogP contribution is 2.25. The molecule has 2 aromatic carbocycles.